The second-order valence-corrected chi connectivity index (χ2v) is 2.54. The van der Waals surface area contributed by atoms with Gasteiger partial charge in [-0.05, 0) is 12.8 Å². The van der Waals surface area contributed by atoms with Crippen molar-refractivity contribution in [1.29, 1.82) is 0 Å². The van der Waals surface area contributed by atoms with Gasteiger partial charge in [-0.3, -0.25) is 0 Å². The molecule has 16 heteroatoms. The Labute approximate surface area is 282 Å². The number of hydrogen-bond donors (Lipinski definition) is 0. The third-order valence-corrected chi connectivity index (χ3v) is 1.37. The SMILES string of the molecule is C=CCCC#CCC#CCCC=C.[C-]#[O+].[C-]#[O+].[C-]#[O+].[C-]#[O+].[C-]#[O+].[C-]#[O+].[C-]#[O+].[C-]#[O+].[C-]#[O+].[C-]#[O+].[C-]#[O+].[C-]#[O+].[Co].[Co].[Co].[Co]. The maximum atomic E-state index is 7.50. The maximum absolute atomic E-state index is 7.50. The molecule has 0 spiro atoms. The molecule has 0 aliphatic carbocycles. The average Bonchev–Trinajstić information content (AvgIpc) is 3.08. The van der Waals surface area contributed by atoms with Crippen molar-refractivity contribution in [2.45, 2.75) is 32.1 Å². The Kier molecular flexibility index (Phi) is 1970. The summed E-state index contributed by atoms with van der Waals surface area (Å²) >= 11 is 0. The molecule has 0 aliphatic heterocycles. The molecule has 0 saturated heterocycles. The second kappa shape index (κ2) is 691. The minimum atomic E-state index is 0. The minimum Gasteiger partial charge on any atom is 0 e. The van der Waals surface area contributed by atoms with Crippen LogP contribution in [0.3, 0.4) is 0 Å². The summed E-state index contributed by atoms with van der Waals surface area (Å²) in [5, 5.41) is 0. The summed E-state index contributed by atoms with van der Waals surface area (Å²) in [7, 11) is 0. The van der Waals surface area contributed by atoms with Crippen molar-refractivity contribution in [3.05, 3.63) is 105 Å². The van der Waals surface area contributed by atoms with Gasteiger partial charge in [0.1, 0.15) is 0 Å². The number of hydrogen-bond acceptors (Lipinski definition) is 0. The number of unbranched alkanes of at least 4 members (excludes halogenated alkanes) is 2. The Bertz CT molecular complexity index is 589. The third kappa shape index (κ3) is 839. The van der Waals surface area contributed by atoms with Crippen LogP contribution in [0.5, 0.6) is 0 Å². The summed E-state index contributed by atoms with van der Waals surface area (Å²) in [5.74, 6) is 12.1. The minimum absolute atomic E-state index is 0. The van der Waals surface area contributed by atoms with E-state index in [0.717, 1.165) is 25.7 Å². The normalized spacial score (nSPS) is 2.93. The molecule has 41 heavy (non-hydrogen) atoms. The van der Waals surface area contributed by atoms with Crippen molar-refractivity contribution >= 4 is 0 Å². The molecule has 0 N–H and O–H groups in total. The van der Waals surface area contributed by atoms with Gasteiger partial charge in [-0.2, -0.15) is 0 Å². The van der Waals surface area contributed by atoms with Gasteiger partial charge in [-0.15, -0.1) is 25.0 Å². The van der Waals surface area contributed by atoms with E-state index in [4.69, 9.17) is 55.8 Å². The van der Waals surface area contributed by atoms with Crippen LogP contribution in [0.1, 0.15) is 32.1 Å². The van der Waals surface area contributed by atoms with Crippen LogP contribution in [0.2, 0.25) is 0 Å². The van der Waals surface area contributed by atoms with Crippen molar-refractivity contribution in [1.82, 2.24) is 0 Å². The predicted molar refractivity (Wildman–Crippen MR) is 106 cm³/mol. The Morgan fingerprint density at radius 2 is 0.488 bits per heavy atom. The monoisotopic (exact) mass is 744 g/mol. The zero-order valence-corrected chi connectivity index (χ0v) is 24.5. The van der Waals surface area contributed by atoms with E-state index >= 15 is 0 Å². The molecule has 0 aromatic carbocycles. The molecule has 12 nitrogen and oxygen atoms in total. The zero-order chi connectivity index (χ0) is 33.8. The molecule has 4 radical (unpaired) electrons. The Morgan fingerprint density at radius 1 is 0.341 bits per heavy atom. The van der Waals surface area contributed by atoms with Crippen LogP contribution in [0.25, 0.3) is 0 Å². The first-order chi connectivity index (χ1) is 18.4. The molecular weight excluding hydrogens is 728 g/mol. The van der Waals surface area contributed by atoms with Crippen molar-refractivity contribution < 1.29 is 123 Å². The van der Waals surface area contributed by atoms with Gasteiger partial charge in [0.15, 0.2) is 0 Å². The first-order valence-corrected chi connectivity index (χ1v) is 7.00. The second-order valence-electron chi connectivity index (χ2n) is 2.54. The fraction of sp³-hybridized carbons (Fsp3) is 0.200. The fourth-order valence-corrected chi connectivity index (χ4v) is 0.694. The van der Waals surface area contributed by atoms with E-state index in [1.54, 1.807) is 0 Å². The van der Waals surface area contributed by atoms with E-state index in [1.807, 2.05) is 12.2 Å². The van der Waals surface area contributed by atoms with E-state index in [9.17, 15) is 0 Å². The summed E-state index contributed by atoms with van der Waals surface area (Å²) in [6.07, 6.45) is 8.19. The van der Waals surface area contributed by atoms with E-state index in [-0.39, 0.29) is 67.1 Å². The molecule has 0 bridgehead atoms. The largest absolute Gasteiger partial charge is 0 e. The van der Waals surface area contributed by atoms with Crippen LogP contribution in [-0.4, -0.2) is 0 Å². The van der Waals surface area contributed by atoms with Gasteiger partial charge in [0, 0.05) is 80.0 Å². The molecule has 0 aliphatic rings. The number of rotatable bonds is 4. The Morgan fingerprint density at radius 3 is 0.610 bits per heavy atom. The summed E-state index contributed by atoms with van der Waals surface area (Å²) < 4.78 is 90.0. The van der Waals surface area contributed by atoms with Crippen LogP contribution in [0.15, 0.2) is 25.3 Å². The molecule has 0 unspecified atom stereocenters. The molecule has 0 rings (SSSR count). The van der Waals surface area contributed by atoms with Crippen molar-refractivity contribution in [3.8, 4) is 23.7 Å². The molecule has 0 atom stereocenters. The van der Waals surface area contributed by atoms with E-state index in [1.165, 1.54) is 0 Å². The quantitative estimate of drug-likeness (QED) is 0.133. The molecule has 0 heterocycles. The first kappa shape index (κ1) is 117. The van der Waals surface area contributed by atoms with Crippen molar-refractivity contribution in [3.63, 3.8) is 0 Å². The molecule has 0 aromatic rings. The Balaban J connectivity index is -0.0000000118. The first-order valence-electron chi connectivity index (χ1n) is 7.00. The molecular formula is C25H16Co4O12. The van der Waals surface area contributed by atoms with Crippen LogP contribution in [-0.2, 0) is 123 Å². The van der Waals surface area contributed by atoms with Crippen molar-refractivity contribution in [2.75, 3.05) is 0 Å². The van der Waals surface area contributed by atoms with Gasteiger partial charge in [-0.25, -0.2) is 0 Å². The number of allylic oxidation sites excluding steroid dienone is 2. The molecule has 0 amide bonds. The predicted octanol–water partition coefficient (Wildman–Crippen LogP) is 2.86. The molecule has 224 valence electrons. The van der Waals surface area contributed by atoms with E-state index < -0.39 is 0 Å². The summed E-state index contributed by atoms with van der Waals surface area (Å²) in [4.78, 5) is 0. The van der Waals surface area contributed by atoms with Gasteiger partial charge < -0.3 is 0 Å². The van der Waals surface area contributed by atoms with E-state index in [0.29, 0.717) is 6.42 Å². The molecule has 0 saturated carbocycles. The van der Waals surface area contributed by atoms with Gasteiger partial charge in [-0.1, -0.05) is 24.0 Å². The van der Waals surface area contributed by atoms with Crippen molar-refractivity contribution in [2.24, 2.45) is 0 Å². The fourth-order valence-electron chi connectivity index (χ4n) is 0.694. The topological polar surface area (TPSA) is 239 Å². The molecule has 0 fully saturated rings. The standard InChI is InChI=1S/C13H16.12CO.4Co/c1-3-5-7-9-11-13-12-10-8-6-4-2;12*1-2;;;;/h3-4H,1-2,5-8,13H2;;;;;;;;;;;;;;;;. The smallest absolute Gasteiger partial charge is 0 e. The summed E-state index contributed by atoms with van der Waals surface area (Å²) in [6, 6.07) is 0. The zero-order valence-electron chi connectivity index (χ0n) is 20.3. The van der Waals surface area contributed by atoms with Crippen LogP contribution in [0.4, 0.5) is 0 Å². The van der Waals surface area contributed by atoms with Crippen LogP contribution in [0, 0.1) is 103 Å². The average molecular weight is 744 g/mol. The van der Waals surface area contributed by atoms with Gasteiger partial charge in [0.25, 0.3) is 0 Å². The third-order valence-electron chi connectivity index (χ3n) is 1.37. The van der Waals surface area contributed by atoms with Gasteiger partial charge in [0.2, 0.25) is 0 Å². The van der Waals surface area contributed by atoms with E-state index in [2.05, 4.69) is 117 Å². The summed E-state index contributed by atoms with van der Waals surface area (Å²) in [5.41, 5.74) is 0. The van der Waals surface area contributed by atoms with Crippen LogP contribution < -0.4 is 0 Å². The van der Waals surface area contributed by atoms with Gasteiger partial charge in [0.05, 0.1) is 6.42 Å². The van der Waals surface area contributed by atoms with Crippen LogP contribution >= 0.6 is 0 Å². The van der Waals surface area contributed by atoms with Gasteiger partial charge >= 0.3 is 136 Å². The molecule has 0 aromatic heterocycles. The Hall–Kier alpha value is -2.49. The summed E-state index contributed by atoms with van der Waals surface area (Å²) in [6.45, 7) is 61.2. The maximum Gasteiger partial charge on any atom is 0 e.